The van der Waals surface area contributed by atoms with E-state index >= 15 is 0 Å². The highest BCUT2D eigenvalue weighted by molar-refractivity contribution is 5.90. The van der Waals surface area contributed by atoms with Crippen molar-refractivity contribution in [2.45, 2.75) is 37.5 Å². The number of hydrogen-bond donors (Lipinski definition) is 3. The summed E-state index contributed by atoms with van der Waals surface area (Å²) in [5.74, 6) is -0.437. The van der Waals surface area contributed by atoms with Gasteiger partial charge in [-0.25, -0.2) is 4.39 Å². The number of anilines is 1. The maximum atomic E-state index is 14.5. The number of nitrogens with one attached hydrogen (secondary N) is 2. The molecule has 5 nitrogen and oxygen atoms in total. The van der Waals surface area contributed by atoms with Gasteiger partial charge in [-0.05, 0) is 35.6 Å². The highest BCUT2D eigenvalue weighted by Gasteiger charge is 2.56. The molecule has 0 bridgehead atoms. The molecule has 3 N–H and O–H groups in total. The van der Waals surface area contributed by atoms with E-state index in [0.717, 1.165) is 6.07 Å². The molecule has 30 heavy (non-hydrogen) atoms. The van der Waals surface area contributed by atoms with E-state index in [1.807, 2.05) is 0 Å². The summed E-state index contributed by atoms with van der Waals surface area (Å²) >= 11 is 0. The van der Waals surface area contributed by atoms with Gasteiger partial charge < -0.3 is 15.2 Å². The lowest BCUT2D eigenvalue weighted by Gasteiger charge is -2.38. The summed E-state index contributed by atoms with van der Waals surface area (Å²) in [5.41, 5.74) is -3.31. The van der Waals surface area contributed by atoms with E-state index in [1.165, 1.54) is 39.3 Å². The predicted molar refractivity (Wildman–Crippen MR) is 106 cm³/mol. The molecule has 9 heteroatoms. The monoisotopic (exact) mass is 425 g/mol. The number of H-pyrrole nitrogens is 1. The second-order valence-electron chi connectivity index (χ2n) is 7.93. The molecule has 2 aromatic carbocycles. The SMILES string of the molecule is COc1ccc(C(C)(C)CC(O)(CNc2cccc3[nH]ncc23)C(F)(F)F)c(F)c1. The molecule has 162 valence electrons. The molecule has 0 radical (unpaired) electrons. The predicted octanol–water partition coefficient (Wildman–Crippen LogP) is 4.78. The molecule has 0 fully saturated rings. The van der Waals surface area contributed by atoms with Crippen molar-refractivity contribution >= 4 is 16.6 Å². The molecule has 1 atom stereocenters. The van der Waals surface area contributed by atoms with Gasteiger partial charge in [0.2, 0.25) is 0 Å². The molecule has 0 saturated carbocycles. The van der Waals surface area contributed by atoms with Gasteiger partial charge in [-0.1, -0.05) is 26.0 Å². The third kappa shape index (κ3) is 4.21. The summed E-state index contributed by atoms with van der Waals surface area (Å²) in [6, 6.07) is 8.96. The largest absolute Gasteiger partial charge is 0.497 e. The quantitative estimate of drug-likeness (QED) is 0.477. The Morgan fingerprint density at radius 2 is 1.90 bits per heavy atom. The Kier molecular flexibility index (Phi) is 5.68. The molecule has 0 spiro atoms. The Hall–Kier alpha value is -2.81. The topological polar surface area (TPSA) is 70.2 Å². The lowest BCUT2D eigenvalue weighted by atomic mass is 9.74. The number of halogens is 4. The van der Waals surface area contributed by atoms with Gasteiger partial charge in [-0.3, -0.25) is 5.10 Å². The molecule has 1 aromatic heterocycles. The minimum atomic E-state index is -4.94. The first-order chi connectivity index (χ1) is 14.0. The van der Waals surface area contributed by atoms with Crippen LogP contribution in [0.5, 0.6) is 5.75 Å². The smallest absolute Gasteiger partial charge is 0.418 e. The van der Waals surface area contributed by atoms with Crippen molar-refractivity contribution in [3.8, 4) is 5.75 Å². The van der Waals surface area contributed by atoms with Crippen LogP contribution in [0, 0.1) is 5.82 Å². The fourth-order valence-electron chi connectivity index (χ4n) is 3.62. The first-order valence-electron chi connectivity index (χ1n) is 9.26. The van der Waals surface area contributed by atoms with Crippen LogP contribution in [0.3, 0.4) is 0 Å². The minimum Gasteiger partial charge on any atom is -0.497 e. The molecule has 1 heterocycles. The number of aromatic nitrogens is 2. The Labute approximate surface area is 171 Å². The molecule has 0 saturated heterocycles. The Morgan fingerprint density at radius 3 is 2.53 bits per heavy atom. The van der Waals surface area contributed by atoms with Crippen molar-refractivity contribution in [2.24, 2.45) is 0 Å². The van der Waals surface area contributed by atoms with E-state index in [0.29, 0.717) is 16.6 Å². The van der Waals surface area contributed by atoms with Crippen molar-refractivity contribution in [1.29, 1.82) is 0 Å². The van der Waals surface area contributed by atoms with Crippen LogP contribution in [0.2, 0.25) is 0 Å². The van der Waals surface area contributed by atoms with Crippen LogP contribution in [0.1, 0.15) is 25.8 Å². The Bertz CT molecular complexity index is 1030. The first-order valence-corrected chi connectivity index (χ1v) is 9.26. The summed E-state index contributed by atoms with van der Waals surface area (Å²) < 4.78 is 61.2. The zero-order valence-corrected chi connectivity index (χ0v) is 16.8. The molecule has 3 aromatic rings. The number of ether oxygens (including phenoxy) is 1. The van der Waals surface area contributed by atoms with Gasteiger partial charge in [-0.15, -0.1) is 0 Å². The van der Waals surface area contributed by atoms with E-state index in [1.54, 1.807) is 18.2 Å². The number of nitrogens with zero attached hydrogens (tertiary/aromatic N) is 1. The summed E-state index contributed by atoms with van der Waals surface area (Å²) in [6.07, 6.45) is -4.20. The van der Waals surface area contributed by atoms with Crippen molar-refractivity contribution in [3.63, 3.8) is 0 Å². The van der Waals surface area contributed by atoms with Gasteiger partial charge in [0.05, 0.1) is 25.4 Å². The highest BCUT2D eigenvalue weighted by atomic mass is 19.4. The average Bonchev–Trinajstić information content (AvgIpc) is 3.14. The first kappa shape index (κ1) is 21.9. The fourth-order valence-corrected chi connectivity index (χ4v) is 3.62. The molecule has 3 rings (SSSR count). The minimum absolute atomic E-state index is 0.0583. The maximum absolute atomic E-state index is 14.5. The third-order valence-electron chi connectivity index (χ3n) is 5.22. The van der Waals surface area contributed by atoms with Gasteiger partial charge in [0.15, 0.2) is 5.60 Å². The van der Waals surface area contributed by atoms with E-state index in [4.69, 9.17) is 4.74 Å². The standard InChI is InChI=1S/C21H23F4N3O2/c1-19(2,15-8-7-13(30-3)9-16(15)22)11-20(29,21(23,24)25)12-26-17-5-4-6-18-14(17)10-27-28-18/h4-10,26,29H,11-12H2,1-3H3,(H,27,28). The molecule has 0 aliphatic carbocycles. The van der Waals surface area contributed by atoms with Crippen molar-refractivity contribution in [3.05, 3.63) is 54.0 Å². The van der Waals surface area contributed by atoms with Crippen molar-refractivity contribution in [1.82, 2.24) is 10.2 Å². The lowest BCUT2D eigenvalue weighted by Crippen LogP contribution is -2.53. The van der Waals surface area contributed by atoms with Crippen LogP contribution in [0.25, 0.3) is 10.9 Å². The molecule has 0 aliphatic rings. The van der Waals surface area contributed by atoms with Crippen LogP contribution in [0.15, 0.2) is 42.6 Å². The summed E-state index contributed by atoms with van der Waals surface area (Å²) in [4.78, 5) is 0. The number of aliphatic hydroxyl groups is 1. The molecule has 0 amide bonds. The number of rotatable bonds is 7. The molecule has 1 unspecified atom stereocenters. The van der Waals surface area contributed by atoms with Crippen LogP contribution >= 0.6 is 0 Å². The summed E-state index contributed by atoms with van der Waals surface area (Å²) in [6.45, 7) is 2.12. The number of benzene rings is 2. The fraction of sp³-hybridized carbons (Fsp3) is 0.381. The highest BCUT2D eigenvalue weighted by Crippen LogP contribution is 2.42. The summed E-state index contributed by atoms with van der Waals surface area (Å²) in [7, 11) is 1.37. The van der Waals surface area contributed by atoms with Gasteiger partial charge in [0.1, 0.15) is 11.6 Å². The maximum Gasteiger partial charge on any atom is 0.418 e. The van der Waals surface area contributed by atoms with Crippen LogP contribution in [-0.4, -0.2) is 40.7 Å². The van der Waals surface area contributed by atoms with Crippen LogP contribution < -0.4 is 10.1 Å². The van der Waals surface area contributed by atoms with Crippen molar-refractivity contribution in [2.75, 3.05) is 19.0 Å². The van der Waals surface area contributed by atoms with Crippen LogP contribution in [0.4, 0.5) is 23.2 Å². The van der Waals surface area contributed by atoms with E-state index in [2.05, 4.69) is 15.5 Å². The lowest BCUT2D eigenvalue weighted by molar-refractivity contribution is -0.260. The Balaban J connectivity index is 1.88. The number of hydrogen-bond acceptors (Lipinski definition) is 4. The molecular weight excluding hydrogens is 402 g/mol. The number of alkyl halides is 3. The second-order valence-corrected chi connectivity index (χ2v) is 7.93. The van der Waals surface area contributed by atoms with E-state index < -0.39 is 36.0 Å². The van der Waals surface area contributed by atoms with Gasteiger partial charge in [0, 0.05) is 17.1 Å². The summed E-state index contributed by atoms with van der Waals surface area (Å²) in [5, 5.41) is 20.6. The van der Waals surface area contributed by atoms with Gasteiger partial charge >= 0.3 is 6.18 Å². The average molecular weight is 425 g/mol. The zero-order valence-electron chi connectivity index (χ0n) is 16.8. The third-order valence-corrected chi connectivity index (χ3v) is 5.22. The molecular formula is C21H23F4N3O2. The number of aromatic amines is 1. The normalized spacial score (nSPS) is 14.5. The van der Waals surface area contributed by atoms with E-state index in [9.17, 15) is 22.7 Å². The molecule has 0 aliphatic heterocycles. The number of fused-ring (bicyclic) bond motifs is 1. The zero-order chi connectivity index (χ0) is 22.2. The van der Waals surface area contributed by atoms with Gasteiger partial charge in [-0.2, -0.15) is 18.3 Å². The van der Waals surface area contributed by atoms with Gasteiger partial charge in [0.25, 0.3) is 0 Å². The second kappa shape index (κ2) is 7.79. The van der Waals surface area contributed by atoms with E-state index in [-0.39, 0.29) is 11.3 Å². The van der Waals surface area contributed by atoms with Crippen LogP contribution in [-0.2, 0) is 5.41 Å². The number of methoxy groups -OCH3 is 1. The van der Waals surface area contributed by atoms with Crippen molar-refractivity contribution < 1.29 is 27.4 Å². The Morgan fingerprint density at radius 1 is 1.17 bits per heavy atom.